The Morgan fingerprint density at radius 3 is 2.10 bits per heavy atom. The Balaban J connectivity index is 0.972. The molecular weight excluding hydrogens is 953 g/mol. The molecular formula is C49H60N10O10S2. The van der Waals surface area contributed by atoms with Crippen LogP contribution in [0.4, 0.5) is 10.5 Å². The first-order valence-corrected chi connectivity index (χ1v) is 25.2. The van der Waals surface area contributed by atoms with Crippen LogP contribution in [-0.2, 0) is 38.3 Å². The van der Waals surface area contributed by atoms with Crippen LogP contribution in [-0.4, -0.2) is 144 Å². The van der Waals surface area contributed by atoms with Crippen LogP contribution >= 0.6 is 23.1 Å². The van der Waals surface area contributed by atoms with E-state index in [1.165, 1.54) is 36.9 Å². The number of aliphatic imine (C=N–C) groups is 1. The van der Waals surface area contributed by atoms with E-state index >= 15 is 0 Å². The van der Waals surface area contributed by atoms with E-state index in [4.69, 9.17) is 4.74 Å². The summed E-state index contributed by atoms with van der Waals surface area (Å²) in [5.74, 6) is -4.28. The third kappa shape index (κ3) is 15.5. The predicted octanol–water partition coefficient (Wildman–Crippen LogP) is 3.35. The number of carbonyl (C=O) groups excluding carboxylic acids is 7. The molecule has 2 heterocycles. The van der Waals surface area contributed by atoms with E-state index in [2.05, 4.69) is 47.2 Å². The number of aliphatic carboxylic acids is 1. The van der Waals surface area contributed by atoms with Gasteiger partial charge in [0, 0.05) is 30.8 Å². The molecule has 2 aliphatic rings. The largest absolute Gasteiger partial charge is 0.480 e. The third-order valence-corrected chi connectivity index (χ3v) is 13.9. The van der Waals surface area contributed by atoms with Crippen molar-refractivity contribution in [2.45, 2.75) is 82.5 Å². The highest BCUT2D eigenvalue weighted by atomic mass is 32.2. The number of anilines is 1. The quantitative estimate of drug-likeness (QED) is 0.0443. The SMILES string of the molecule is CC(=O)NCCCC[C@H](NC(=O)[C@H](C)NC(=O)CNC(=O)CNC(=O)[C@H](CCCCN(C)C)NC(=O)OCC1c2ccccc2-c2ccccc21)C(=O)Nc1ccc2nc(C3=N[C@@H](C(=O)O)CS3)sc2c1. The molecule has 71 heavy (non-hydrogen) atoms. The van der Waals surface area contributed by atoms with E-state index in [0.29, 0.717) is 52.8 Å². The average molecular weight is 1010 g/mol. The van der Waals surface area contributed by atoms with Gasteiger partial charge in [0.1, 0.15) is 34.8 Å². The Labute approximate surface area is 419 Å². The summed E-state index contributed by atoms with van der Waals surface area (Å²) in [6.45, 7) is 2.99. The molecule has 4 aromatic rings. The molecule has 4 atom stereocenters. The Hall–Kier alpha value is -6.91. The third-order valence-electron chi connectivity index (χ3n) is 11.6. The number of hydrogen-bond donors (Lipinski definition) is 8. The number of thioether (sulfide) groups is 1. The Morgan fingerprint density at radius 2 is 1.44 bits per heavy atom. The number of fused-ring (bicyclic) bond motifs is 4. The minimum absolute atomic E-state index is 0.0572. The van der Waals surface area contributed by atoms with Crippen LogP contribution in [0.5, 0.6) is 0 Å². The van der Waals surface area contributed by atoms with Crippen LogP contribution in [0.1, 0.15) is 74.4 Å². The number of hydrogen-bond acceptors (Lipinski definition) is 14. The fourth-order valence-corrected chi connectivity index (χ4v) is 10.1. The molecule has 0 saturated heterocycles. The molecule has 0 bridgehead atoms. The number of nitrogens with one attached hydrogen (secondary N) is 7. The number of amides is 7. The second kappa shape index (κ2) is 25.8. The average Bonchev–Trinajstić information content (AvgIpc) is 4.09. The number of ether oxygens (including phenoxy) is 1. The maximum absolute atomic E-state index is 13.7. The molecule has 8 N–H and O–H groups in total. The molecule has 0 spiro atoms. The van der Waals surface area contributed by atoms with E-state index in [9.17, 15) is 43.5 Å². The molecule has 0 saturated carbocycles. The minimum atomic E-state index is -1.13. The predicted molar refractivity (Wildman–Crippen MR) is 271 cm³/mol. The van der Waals surface area contributed by atoms with Gasteiger partial charge in [0.25, 0.3) is 0 Å². The number of carboxylic acid groups (broad SMARTS) is 1. The van der Waals surface area contributed by atoms with Crippen molar-refractivity contribution >= 4 is 91.6 Å². The smallest absolute Gasteiger partial charge is 0.407 e. The number of aromatic nitrogens is 1. The standard InChI is InChI=1S/C49H60N10O10S2/c1-28(43(63)55-38(17-9-11-21-50-29(2)60)45(65)54-30-19-20-36-40(23-30)71-47(56-36)46-57-39(27-70-46)48(66)67)53-42(62)25-51-41(61)24-52-44(64)37(18-10-12-22-59(3)4)58-49(68)69-26-35-33-15-7-5-13-31(33)32-14-6-8-16-34(32)35/h5-8,13-16,19-20,23,28,35,37-39H,9-12,17-18,21-22,24-27H2,1-4H3,(H,50,60)(H,51,61)(H,52,64)(H,53,62)(H,54,65)(H,55,63)(H,58,68)(H,66,67)/t28-,37-,38-,39+/m0/s1. The molecule has 7 amide bonds. The molecule has 22 heteroatoms. The minimum Gasteiger partial charge on any atom is -0.480 e. The van der Waals surface area contributed by atoms with Crippen molar-refractivity contribution in [3.05, 3.63) is 82.9 Å². The first-order valence-electron chi connectivity index (χ1n) is 23.4. The van der Waals surface area contributed by atoms with Gasteiger partial charge in [-0.15, -0.1) is 23.1 Å². The van der Waals surface area contributed by atoms with Crippen LogP contribution in [0.15, 0.2) is 71.7 Å². The molecule has 3 aromatic carbocycles. The van der Waals surface area contributed by atoms with Crippen molar-refractivity contribution in [1.29, 1.82) is 0 Å². The van der Waals surface area contributed by atoms with Crippen molar-refractivity contribution < 1.29 is 48.2 Å². The number of benzene rings is 3. The zero-order chi connectivity index (χ0) is 51.0. The highest BCUT2D eigenvalue weighted by molar-refractivity contribution is 8.15. The van der Waals surface area contributed by atoms with Crippen LogP contribution in [0.25, 0.3) is 21.3 Å². The summed E-state index contributed by atoms with van der Waals surface area (Å²) in [4.78, 5) is 113. The van der Waals surface area contributed by atoms with Crippen molar-refractivity contribution in [3.63, 3.8) is 0 Å². The lowest BCUT2D eigenvalue weighted by atomic mass is 9.98. The fraction of sp³-hybridized carbons (Fsp3) is 0.429. The molecule has 0 radical (unpaired) electrons. The van der Waals surface area contributed by atoms with Gasteiger partial charge in [-0.25, -0.2) is 14.6 Å². The lowest BCUT2D eigenvalue weighted by molar-refractivity contribution is -0.137. The topological polar surface area (TPSA) is 279 Å². The van der Waals surface area contributed by atoms with Crippen LogP contribution in [0.3, 0.4) is 0 Å². The molecule has 0 fully saturated rings. The number of unbranched alkanes of at least 4 members (excludes halogenated alkanes) is 2. The van der Waals surface area contributed by atoms with Gasteiger partial charge >= 0.3 is 12.1 Å². The van der Waals surface area contributed by atoms with Gasteiger partial charge in [-0.05, 0) is 107 Å². The van der Waals surface area contributed by atoms with Crippen molar-refractivity contribution in [2.24, 2.45) is 4.99 Å². The van der Waals surface area contributed by atoms with E-state index in [1.54, 1.807) is 18.2 Å². The zero-order valence-corrected chi connectivity index (χ0v) is 41.6. The van der Waals surface area contributed by atoms with Gasteiger partial charge in [-0.1, -0.05) is 48.5 Å². The summed E-state index contributed by atoms with van der Waals surface area (Å²) in [7, 11) is 3.87. The first kappa shape index (κ1) is 53.4. The molecule has 1 aliphatic carbocycles. The van der Waals surface area contributed by atoms with Gasteiger partial charge in [-0.2, -0.15) is 0 Å². The number of carbonyl (C=O) groups is 8. The van der Waals surface area contributed by atoms with E-state index < -0.39 is 78.9 Å². The van der Waals surface area contributed by atoms with Gasteiger partial charge in [0.05, 0.1) is 23.3 Å². The van der Waals surface area contributed by atoms with Gasteiger partial charge in [0.2, 0.25) is 35.4 Å². The summed E-state index contributed by atoms with van der Waals surface area (Å²) >= 11 is 2.62. The van der Waals surface area contributed by atoms with Gasteiger partial charge in [-0.3, -0.25) is 33.8 Å². The maximum atomic E-state index is 13.7. The lowest BCUT2D eigenvalue weighted by Crippen LogP contribution is -2.53. The number of carboxylic acids is 1. The highest BCUT2D eigenvalue weighted by Crippen LogP contribution is 2.44. The van der Waals surface area contributed by atoms with E-state index in [-0.39, 0.29) is 31.3 Å². The molecule has 1 aromatic heterocycles. The van der Waals surface area contributed by atoms with Crippen molar-refractivity contribution in [1.82, 2.24) is 41.8 Å². The summed E-state index contributed by atoms with van der Waals surface area (Å²) in [6, 6.07) is 17.0. The fourth-order valence-electron chi connectivity index (χ4n) is 7.96. The zero-order valence-electron chi connectivity index (χ0n) is 40.0. The lowest BCUT2D eigenvalue weighted by Gasteiger charge is -2.21. The molecule has 1 aliphatic heterocycles. The number of nitrogens with zero attached hydrogens (tertiary/aromatic N) is 3. The second-order valence-corrected chi connectivity index (χ2v) is 19.5. The molecule has 378 valence electrons. The number of rotatable bonds is 25. The maximum Gasteiger partial charge on any atom is 0.407 e. The summed E-state index contributed by atoms with van der Waals surface area (Å²) in [6.07, 6.45) is 2.05. The van der Waals surface area contributed by atoms with Gasteiger partial charge < -0.3 is 52.0 Å². The summed E-state index contributed by atoms with van der Waals surface area (Å²) in [5, 5.41) is 28.8. The van der Waals surface area contributed by atoms with E-state index in [0.717, 1.165) is 39.9 Å². The van der Waals surface area contributed by atoms with Crippen LogP contribution < -0.4 is 37.2 Å². The monoisotopic (exact) mass is 1010 g/mol. The number of thiazole rings is 1. The Kier molecular flexibility index (Phi) is 19.4. The Bertz CT molecular complexity index is 2600. The Morgan fingerprint density at radius 1 is 0.775 bits per heavy atom. The normalized spacial score (nSPS) is 15.1. The van der Waals surface area contributed by atoms with E-state index in [1.807, 2.05) is 67.5 Å². The van der Waals surface area contributed by atoms with Crippen LogP contribution in [0, 0.1) is 0 Å². The summed E-state index contributed by atoms with van der Waals surface area (Å²) < 4.78 is 6.41. The number of alkyl carbamates (subject to hydrolysis) is 1. The van der Waals surface area contributed by atoms with Crippen molar-refractivity contribution in [3.8, 4) is 11.1 Å². The van der Waals surface area contributed by atoms with Crippen LogP contribution in [0.2, 0.25) is 0 Å². The highest BCUT2D eigenvalue weighted by Gasteiger charge is 2.31. The first-order chi connectivity index (χ1) is 34.1. The molecule has 6 rings (SSSR count). The second-order valence-electron chi connectivity index (χ2n) is 17.4. The molecule has 0 unspecified atom stereocenters. The van der Waals surface area contributed by atoms with Crippen molar-refractivity contribution in [2.75, 3.05) is 58.0 Å². The summed E-state index contributed by atoms with van der Waals surface area (Å²) in [5.41, 5.74) is 5.31. The molecule has 20 nitrogen and oxygen atoms in total. The van der Waals surface area contributed by atoms with Gasteiger partial charge in [0.15, 0.2) is 6.04 Å².